The summed E-state index contributed by atoms with van der Waals surface area (Å²) in [5, 5.41) is 8.40. The number of carbonyl (C=O) groups excluding carboxylic acids is 2. The summed E-state index contributed by atoms with van der Waals surface area (Å²) >= 11 is 0. The molecule has 2 aliphatic rings. The SMILES string of the molecule is O=C(CCc1ccccc1)N1CCN(C(=O)c2nnn3c2CO[C@H](c2ccccc2)C3)CC1. The molecule has 0 saturated carbocycles. The van der Waals surface area contributed by atoms with Crippen molar-refractivity contribution in [2.75, 3.05) is 26.2 Å². The summed E-state index contributed by atoms with van der Waals surface area (Å²) in [4.78, 5) is 29.3. The maximum atomic E-state index is 13.1. The van der Waals surface area contributed by atoms with Crippen LogP contribution in [0.3, 0.4) is 0 Å². The Bertz CT molecular complexity index is 1110. The predicted molar refractivity (Wildman–Crippen MR) is 121 cm³/mol. The molecule has 0 spiro atoms. The number of aryl methyl sites for hydroxylation is 1. The summed E-state index contributed by atoms with van der Waals surface area (Å²) in [6, 6.07) is 20.0. The number of benzene rings is 2. The fourth-order valence-electron chi connectivity index (χ4n) is 4.41. The molecule has 5 rings (SSSR count). The number of hydrogen-bond acceptors (Lipinski definition) is 5. The molecule has 0 radical (unpaired) electrons. The van der Waals surface area contributed by atoms with Crippen LogP contribution in [0.5, 0.6) is 0 Å². The highest BCUT2D eigenvalue weighted by Gasteiger charge is 2.31. The summed E-state index contributed by atoms with van der Waals surface area (Å²) in [6.45, 7) is 2.89. The van der Waals surface area contributed by atoms with Gasteiger partial charge < -0.3 is 14.5 Å². The Labute approximate surface area is 192 Å². The number of aromatic nitrogens is 3. The molecule has 3 heterocycles. The fourth-order valence-corrected chi connectivity index (χ4v) is 4.41. The zero-order chi connectivity index (χ0) is 22.6. The zero-order valence-corrected chi connectivity index (χ0v) is 18.5. The van der Waals surface area contributed by atoms with Crippen molar-refractivity contribution < 1.29 is 14.3 Å². The largest absolute Gasteiger partial charge is 0.365 e. The average molecular weight is 446 g/mol. The number of piperazine rings is 1. The Hall–Kier alpha value is -3.52. The van der Waals surface area contributed by atoms with Gasteiger partial charge in [0.1, 0.15) is 6.10 Å². The molecule has 0 aliphatic carbocycles. The number of ether oxygens (including phenoxy) is 1. The van der Waals surface area contributed by atoms with Crippen LogP contribution < -0.4 is 0 Å². The van der Waals surface area contributed by atoms with E-state index in [4.69, 9.17) is 4.74 Å². The van der Waals surface area contributed by atoms with Crippen LogP contribution in [-0.2, 0) is 29.1 Å². The quantitative estimate of drug-likeness (QED) is 0.603. The number of nitrogens with zero attached hydrogens (tertiary/aromatic N) is 5. The Balaban J connectivity index is 1.16. The van der Waals surface area contributed by atoms with Gasteiger partial charge in [0.05, 0.1) is 18.8 Å². The minimum Gasteiger partial charge on any atom is -0.365 e. The second-order valence-electron chi connectivity index (χ2n) is 8.44. The highest BCUT2D eigenvalue weighted by molar-refractivity contribution is 5.93. The monoisotopic (exact) mass is 445 g/mol. The molecule has 8 nitrogen and oxygen atoms in total. The van der Waals surface area contributed by atoms with Crippen molar-refractivity contribution in [3.63, 3.8) is 0 Å². The molecule has 1 aromatic heterocycles. The molecule has 0 N–H and O–H groups in total. The number of hydrogen-bond donors (Lipinski definition) is 0. The second-order valence-corrected chi connectivity index (χ2v) is 8.44. The van der Waals surface area contributed by atoms with Gasteiger partial charge in [0, 0.05) is 32.6 Å². The standard InChI is InChI=1S/C25H27N5O3/c31-23(12-11-19-7-3-1-4-8-19)28-13-15-29(16-14-28)25(32)24-21-18-33-22(17-30(21)27-26-24)20-9-5-2-6-10-20/h1-10,22H,11-18H2/t22-/m0/s1. The first-order valence-corrected chi connectivity index (χ1v) is 11.4. The van der Waals surface area contributed by atoms with E-state index in [-0.39, 0.29) is 17.9 Å². The fraction of sp³-hybridized carbons (Fsp3) is 0.360. The van der Waals surface area contributed by atoms with Crippen LogP contribution in [0.15, 0.2) is 60.7 Å². The van der Waals surface area contributed by atoms with Gasteiger partial charge in [0.2, 0.25) is 5.91 Å². The number of amides is 2. The van der Waals surface area contributed by atoms with Crippen LogP contribution in [0.1, 0.15) is 39.8 Å². The van der Waals surface area contributed by atoms with Gasteiger partial charge in [0.25, 0.3) is 5.91 Å². The third kappa shape index (κ3) is 4.66. The van der Waals surface area contributed by atoms with E-state index < -0.39 is 0 Å². The highest BCUT2D eigenvalue weighted by atomic mass is 16.5. The van der Waals surface area contributed by atoms with Gasteiger partial charge in [-0.15, -0.1) is 5.10 Å². The minimum atomic E-state index is -0.144. The van der Waals surface area contributed by atoms with Gasteiger partial charge in [-0.05, 0) is 17.5 Å². The number of fused-ring (bicyclic) bond motifs is 1. The van der Waals surface area contributed by atoms with Crippen LogP contribution in [0.4, 0.5) is 0 Å². The minimum absolute atomic E-state index is 0.103. The average Bonchev–Trinajstić information content (AvgIpc) is 3.31. The maximum absolute atomic E-state index is 13.1. The summed E-state index contributed by atoms with van der Waals surface area (Å²) < 4.78 is 7.79. The third-order valence-corrected chi connectivity index (χ3v) is 6.36. The molecule has 1 atom stereocenters. The van der Waals surface area contributed by atoms with Crippen LogP contribution in [0, 0.1) is 0 Å². The first kappa shape index (κ1) is 21.3. The lowest BCUT2D eigenvalue weighted by Gasteiger charge is -2.34. The smallest absolute Gasteiger partial charge is 0.276 e. The molecule has 0 unspecified atom stereocenters. The zero-order valence-electron chi connectivity index (χ0n) is 18.5. The van der Waals surface area contributed by atoms with E-state index in [1.807, 2.05) is 65.6 Å². The molecular formula is C25H27N5O3. The summed E-state index contributed by atoms with van der Waals surface area (Å²) in [5.74, 6) is -0.0123. The van der Waals surface area contributed by atoms with Gasteiger partial charge in [-0.25, -0.2) is 4.68 Å². The Morgan fingerprint density at radius 2 is 1.58 bits per heavy atom. The maximum Gasteiger partial charge on any atom is 0.276 e. The molecule has 33 heavy (non-hydrogen) atoms. The number of rotatable bonds is 5. The van der Waals surface area contributed by atoms with E-state index in [9.17, 15) is 9.59 Å². The van der Waals surface area contributed by atoms with E-state index >= 15 is 0 Å². The summed E-state index contributed by atoms with van der Waals surface area (Å²) in [7, 11) is 0. The van der Waals surface area contributed by atoms with Crippen LogP contribution in [-0.4, -0.2) is 62.8 Å². The first-order valence-electron chi connectivity index (χ1n) is 11.4. The molecule has 2 amide bonds. The Morgan fingerprint density at radius 1 is 0.909 bits per heavy atom. The molecule has 1 saturated heterocycles. The van der Waals surface area contributed by atoms with Crippen molar-refractivity contribution in [3.8, 4) is 0 Å². The molecule has 2 aliphatic heterocycles. The lowest BCUT2D eigenvalue weighted by Crippen LogP contribution is -2.50. The van der Waals surface area contributed by atoms with Crippen molar-refractivity contribution in [2.24, 2.45) is 0 Å². The van der Waals surface area contributed by atoms with Crippen molar-refractivity contribution in [2.45, 2.75) is 32.1 Å². The molecule has 2 aromatic carbocycles. The van der Waals surface area contributed by atoms with Crippen molar-refractivity contribution in [3.05, 3.63) is 83.2 Å². The highest BCUT2D eigenvalue weighted by Crippen LogP contribution is 2.27. The first-order chi connectivity index (χ1) is 16.2. The van der Waals surface area contributed by atoms with Crippen molar-refractivity contribution >= 4 is 11.8 Å². The molecule has 8 heteroatoms. The Morgan fingerprint density at radius 3 is 2.30 bits per heavy atom. The molecule has 1 fully saturated rings. The second kappa shape index (κ2) is 9.54. The summed E-state index contributed by atoms with van der Waals surface area (Å²) in [5.41, 5.74) is 3.31. The van der Waals surface area contributed by atoms with E-state index in [0.717, 1.165) is 17.5 Å². The van der Waals surface area contributed by atoms with Crippen LogP contribution in [0.2, 0.25) is 0 Å². The van der Waals surface area contributed by atoms with Gasteiger partial charge in [-0.1, -0.05) is 65.9 Å². The molecule has 170 valence electrons. The number of carbonyl (C=O) groups is 2. The third-order valence-electron chi connectivity index (χ3n) is 6.36. The molecule has 0 bridgehead atoms. The van der Waals surface area contributed by atoms with Gasteiger partial charge in [0.15, 0.2) is 5.69 Å². The lowest BCUT2D eigenvalue weighted by molar-refractivity contribution is -0.132. The normalized spacial score (nSPS) is 18.1. The van der Waals surface area contributed by atoms with Gasteiger partial charge in [-0.2, -0.15) is 0 Å². The molecule has 3 aromatic rings. The van der Waals surface area contributed by atoms with E-state index in [1.54, 1.807) is 9.58 Å². The predicted octanol–water partition coefficient (Wildman–Crippen LogP) is 2.47. The topological polar surface area (TPSA) is 80.6 Å². The van der Waals surface area contributed by atoms with E-state index in [2.05, 4.69) is 10.3 Å². The van der Waals surface area contributed by atoms with Crippen molar-refractivity contribution in [1.29, 1.82) is 0 Å². The van der Waals surface area contributed by atoms with Crippen LogP contribution in [0.25, 0.3) is 0 Å². The molecular weight excluding hydrogens is 418 g/mol. The Kier molecular flexibility index (Phi) is 6.17. The summed E-state index contributed by atoms with van der Waals surface area (Å²) in [6.07, 6.45) is 1.11. The van der Waals surface area contributed by atoms with Gasteiger partial charge >= 0.3 is 0 Å². The van der Waals surface area contributed by atoms with E-state index in [0.29, 0.717) is 57.1 Å². The van der Waals surface area contributed by atoms with Gasteiger partial charge in [-0.3, -0.25) is 9.59 Å². The van der Waals surface area contributed by atoms with Crippen molar-refractivity contribution in [1.82, 2.24) is 24.8 Å². The van der Waals surface area contributed by atoms with Crippen LogP contribution >= 0.6 is 0 Å². The van der Waals surface area contributed by atoms with E-state index in [1.165, 1.54) is 0 Å². The lowest BCUT2D eigenvalue weighted by atomic mass is 10.1.